The van der Waals surface area contributed by atoms with Crippen molar-refractivity contribution in [1.29, 1.82) is 0 Å². The van der Waals surface area contributed by atoms with E-state index in [2.05, 4.69) is 23.9 Å². The van der Waals surface area contributed by atoms with E-state index >= 15 is 0 Å². The third-order valence-corrected chi connectivity index (χ3v) is 2.73. The highest BCUT2D eigenvalue weighted by Gasteiger charge is 2.30. The van der Waals surface area contributed by atoms with E-state index in [-0.39, 0.29) is 18.4 Å². The van der Waals surface area contributed by atoms with Crippen LogP contribution < -0.4 is 10.1 Å². The second kappa shape index (κ2) is 7.50. The molecule has 1 rings (SSSR count). The highest BCUT2D eigenvalue weighted by Crippen LogP contribution is 2.22. The minimum atomic E-state index is -4.67. The Balaban J connectivity index is 2.49. The second-order valence-electron chi connectivity index (χ2n) is 5.08. The molecule has 114 valence electrons. The fourth-order valence-corrected chi connectivity index (χ4v) is 1.86. The molecule has 1 unspecified atom stereocenters. The molecule has 2 N–H and O–H groups in total. The molecule has 0 saturated carbocycles. The van der Waals surface area contributed by atoms with Crippen LogP contribution in [0.25, 0.3) is 0 Å². The summed E-state index contributed by atoms with van der Waals surface area (Å²) < 4.78 is 39.8. The van der Waals surface area contributed by atoms with Crippen molar-refractivity contribution in [3.8, 4) is 5.75 Å². The fraction of sp³-hybridized carbons (Fsp3) is 0.571. The molecule has 1 atom stereocenters. The Morgan fingerprint density at radius 3 is 2.25 bits per heavy atom. The third kappa shape index (κ3) is 6.77. The molecule has 1 aromatic rings. The first-order chi connectivity index (χ1) is 9.30. The lowest BCUT2D eigenvalue weighted by Crippen LogP contribution is -2.33. The van der Waals surface area contributed by atoms with E-state index in [0.717, 1.165) is 12.0 Å². The lowest BCUT2D eigenvalue weighted by Gasteiger charge is -2.18. The number of benzene rings is 1. The van der Waals surface area contributed by atoms with Crippen LogP contribution in [-0.4, -0.2) is 24.1 Å². The number of rotatable bonds is 7. The molecule has 0 saturated heterocycles. The smallest absolute Gasteiger partial charge is 0.406 e. The summed E-state index contributed by atoms with van der Waals surface area (Å²) in [4.78, 5) is 0. The second-order valence-corrected chi connectivity index (χ2v) is 5.08. The molecule has 6 heteroatoms. The standard InChI is InChI=1S/C14H20F3NO2/c1-10(2)7-12(9-19)18-8-11-3-5-13(6-4-11)20-14(15,16)17/h3-6,10,12,18-19H,7-9H2,1-2H3. The fourth-order valence-electron chi connectivity index (χ4n) is 1.86. The van der Waals surface area contributed by atoms with Crippen LogP contribution in [0.2, 0.25) is 0 Å². The van der Waals surface area contributed by atoms with E-state index in [1.807, 2.05) is 0 Å². The molecule has 0 fully saturated rings. The van der Waals surface area contributed by atoms with Crippen LogP contribution in [0.1, 0.15) is 25.8 Å². The molecule has 0 heterocycles. The van der Waals surface area contributed by atoms with Crippen molar-refractivity contribution in [2.75, 3.05) is 6.61 Å². The number of ether oxygens (including phenoxy) is 1. The van der Waals surface area contributed by atoms with E-state index in [4.69, 9.17) is 0 Å². The van der Waals surface area contributed by atoms with Gasteiger partial charge in [-0.05, 0) is 30.0 Å². The van der Waals surface area contributed by atoms with E-state index < -0.39 is 6.36 Å². The molecule has 20 heavy (non-hydrogen) atoms. The van der Waals surface area contributed by atoms with E-state index in [1.165, 1.54) is 12.1 Å². The van der Waals surface area contributed by atoms with Gasteiger partial charge in [0.25, 0.3) is 0 Å². The van der Waals surface area contributed by atoms with Crippen LogP contribution in [-0.2, 0) is 6.54 Å². The van der Waals surface area contributed by atoms with Gasteiger partial charge in [0.2, 0.25) is 0 Å². The Morgan fingerprint density at radius 1 is 1.20 bits per heavy atom. The normalized spacial score (nSPS) is 13.6. The van der Waals surface area contributed by atoms with Gasteiger partial charge in [-0.3, -0.25) is 0 Å². The predicted molar refractivity (Wildman–Crippen MR) is 70.3 cm³/mol. The van der Waals surface area contributed by atoms with E-state index in [9.17, 15) is 18.3 Å². The largest absolute Gasteiger partial charge is 0.573 e. The van der Waals surface area contributed by atoms with Crippen LogP contribution in [0.5, 0.6) is 5.75 Å². The third-order valence-electron chi connectivity index (χ3n) is 2.73. The maximum atomic E-state index is 12.0. The lowest BCUT2D eigenvalue weighted by molar-refractivity contribution is -0.274. The zero-order valence-electron chi connectivity index (χ0n) is 11.6. The first-order valence-corrected chi connectivity index (χ1v) is 6.49. The van der Waals surface area contributed by atoms with E-state index in [1.54, 1.807) is 12.1 Å². The molecule has 0 radical (unpaired) electrons. The molecule has 0 aromatic heterocycles. The first-order valence-electron chi connectivity index (χ1n) is 6.49. The van der Waals surface area contributed by atoms with Gasteiger partial charge in [-0.2, -0.15) is 0 Å². The van der Waals surface area contributed by atoms with Gasteiger partial charge < -0.3 is 15.2 Å². The maximum absolute atomic E-state index is 12.0. The van der Waals surface area contributed by atoms with Gasteiger partial charge in [-0.25, -0.2) is 0 Å². The van der Waals surface area contributed by atoms with Crippen molar-refractivity contribution in [3.63, 3.8) is 0 Å². The van der Waals surface area contributed by atoms with Gasteiger partial charge >= 0.3 is 6.36 Å². The molecule has 0 aliphatic carbocycles. The first kappa shape index (κ1) is 16.8. The minimum Gasteiger partial charge on any atom is -0.406 e. The molecule has 1 aromatic carbocycles. The van der Waals surface area contributed by atoms with E-state index in [0.29, 0.717) is 12.5 Å². The highest BCUT2D eigenvalue weighted by molar-refractivity contribution is 5.27. The zero-order chi connectivity index (χ0) is 15.2. The van der Waals surface area contributed by atoms with Crippen LogP contribution >= 0.6 is 0 Å². The summed E-state index contributed by atoms with van der Waals surface area (Å²) in [5.74, 6) is 0.226. The zero-order valence-corrected chi connectivity index (χ0v) is 11.6. The Kier molecular flexibility index (Phi) is 6.29. The number of aliphatic hydroxyl groups is 1. The average Bonchev–Trinajstić information content (AvgIpc) is 2.34. The molecule has 0 bridgehead atoms. The summed E-state index contributed by atoms with van der Waals surface area (Å²) in [6.45, 7) is 4.65. The SMILES string of the molecule is CC(C)CC(CO)NCc1ccc(OC(F)(F)F)cc1. The Bertz CT molecular complexity index is 390. The number of nitrogens with one attached hydrogen (secondary N) is 1. The topological polar surface area (TPSA) is 41.5 Å². The summed E-state index contributed by atoms with van der Waals surface area (Å²) in [7, 11) is 0. The molecular weight excluding hydrogens is 271 g/mol. The molecule has 0 amide bonds. The summed E-state index contributed by atoms with van der Waals surface area (Å²) in [5, 5.41) is 12.4. The van der Waals surface area contributed by atoms with Crippen molar-refractivity contribution in [2.45, 2.75) is 39.2 Å². The van der Waals surface area contributed by atoms with Crippen LogP contribution in [0.3, 0.4) is 0 Å². The molecule has 3 nitrogen and oxygen atoms in total. The number of alkyl halides is 3. The summed E-state index contributed by atoms with van der Waals surface area (Å²) in [6, 6.07) is 5.68. The lowest BCUT2D eigenvalue weighted by atomic mass is 10.0. The minimum absolute atomic E-state index is 0.0129. The van der Waals surface area contributed by atoms with Crippen molar-refractivity contribution >= 4 is 0 Å². The van der Waals surface area contributed by atoms with Gasteiger partial charge in [0.05, 0.1) is 6.61 Å². The van der Waals surface area contributed by atoms with Gasteiger partial charge in [0.15, 0.2) is 0 Å². The molecular formula is C14H20F3NO2. The highest BCUT2D eigenvalue weighted by atomic mass is 19.4. The molecule has 0 aliphatic heterocycles. The van der Waals surface area contributed by atoms with Crippen LogP contribution in [0.15, 0.2) is 24.3 Å². The Hall–Kier alpha value is -1.27. The maximum Gasteiger partial charge on any atom is 0.573 e. The monoisotopic (exact) mass is 291 g/mol. The predicted octanol–water partition coefficient (Wildman–Crippen LogP) is 3.08. The van der Waals surface area contributed by atoms with Gasteiger partial charge in [-0.1, -0.05) is 26.0 Å². The molecule has 0 spiro atoms. The van der Waals surface area contributed by atoms with Crippen LogP contribution in [0, 0.1) is 5.92 Å². The molecule has 0 aliphatic rings. The number of halogens is 3. The number of aliphatic hydroxyl groups excluding tert-OH is 1. The summed E-state index contributed by atoms with van der Waals surface area (Å²) >= 11 is 0. The van der Waals surface area contributed by atoms with Gasteiger partial charge in [-0.15, -0.1) is 13.2 Å². The van der Waals surface area contributed by atoms with Crippen molar-refractivity contribution in [1.82, 2.24) is 5.32 Å². The van der Waals surface area contributed by atoms with Gasteiger partial charge in [0, 0.05) is 12.6 Å². The van der Waals surface area contributed by atoms with Crippen molar-refractivity contribution < 1.29 is 23.0 Å². The average molecular weight is 291 g/mol. The van der Waals surface area contributed by atoms with Crippen LogP contribution in [0.4, 0.5) is 13.2 Å². The quantitative estimate of drug-likeness (QED) is 0.811. The summed E-state index contributed by atoms with van der Waals surface area (Å²) in [6.07, 6.45) is -3.83. The Labute approximate surface area is 116 Å². The number of hydrogen-bond acceptors (Lipinski definition) is 3. The van der Waals surface area contributed by atoms with Crippen molar-refractivity contribution in [3.05, 3.63) is 29.8 Å². The summed E-state index contributed by atoms with van der Waals surface area (Å²) in [5.41, 5.74) is 0.835. The van der Waals surface area contributed by atoms with Gasteiger partial charge in [0.1, 0.15) is 5.75 Å². The Morgan fingerprint density at radius 2 is 1.80 bits per heavy atom. The van der Waals surface area contributed by atoms with Crippen molar-refractivity contribution in [2.24, 2.45) is 5.92 Å². The number of hydrogen-bond donors (Lipinski definition) is 2.